The van der Waals surface area contributed by atoms with Crippen molar-refractivity contribution in [2.24, 2.45) is 0 Å². The zero-order valence-electron chi connectivity index (χ0n) is 29.8. The summed E-state index contributed by atoms with van der Waals surface area (Å²) in [5.41, 5.74) is 13.4. The quantitative estimate of drug-likeness (QED) is 0.177. The topological polar surface area (TPSA) is 94.1 Å². The van der Waals surface area contributed by atoms with Crippen molar-refractivity contribution in [1.29, 1.82) is 15.8 Å². The first-order valence-electron chi connectivity index (χ1n) is 18.2. The third kappa shape index (κ3) is 5.12. The molecule has 56 heavy (non-hydrogen) atoms. The number of fused-ring (bicyclic) bond motifs is 6. The lowest BCUT2D eigenvalue weighted by Gasteiger charge is -2.20. The Balaban J connectivity index is 1.31. The first-order chi connectivity index (χ1) is 27.6. The van der Waals surface area contributed by atoms with Gasteiger partial charge in [-0.05, 0) is 88.5 Å². The zero-order valence-corrected chi connectivity index (χ0v) is 29.8. The van der Waals surface area contributed by atoms with Gasteiger partial charge in [0.1, 0.15) is 0 Å². The molecule has 0 atom stereocenters. The molecule has 10 rings (SSSR count). The summed E-state index contributed by atoms with van der Waals surface area (Å²) < 4.78 is 4.58. The van der Waals surface area contributed by atoms with E-state index in [4.69, 9.17) is 4.98 Å². The Kier molecular flexibility index (Phi) is 7.53. The van der Waals surface area contributed by atoms with E-state index in [9.17, 15) is 15.8 Å². The highest BCUT2D eigenvalue weighted by Crippen LogP contribution is 2.43. The molecule has 0 aliphatic carbocycles. The van der Waals surface area contributed by atoms with Gasteiger partial charge < -0.3 is 9.13 Å². The smallest absolute Gasteiger partial charge is 0.0991 e. The van der Waals surface area contributed by atoms with Gasteiger partial charge in [0.2, 0.25) is 0 Å². The molecule has 6 heteroatoms. The van der Waals surface area contributed by atoms with E-state index >= 15 is 0 Å². The third-order valence-corrected chi connectivity index (χ3v) is 10.7. The van der Waals surface area contributed by atoms with Crippen molar-refractivity contribution in [3.8, 4) is 63.0 Å². The number of aromatic nitrogens is 3. The number of pyridine rings is 1. The maximum atomic E-state index is 9.78. The van der Waals surface area contributed by atoms with Gasteiger partial charge in [0.05, 0.1) is 80.7 Å². The van der Waals surface area contributed by atoms with Crippen molar-refractivity contribution in [2.45, 2.75) is 0 Å². The van der Waals surface area contributed by atoms with Gasteiger partial charge in [0.15, 0.2) is 0 Å². The highest BCUT2D eigenvalue weighted by molar-refractivity contribution is 6.13. The highest BCUT2D eigenvalue weighted by Gasteiger charge is 2.23. The molecule has 6 nitrogen and oxygen atoms in total. The van der Waals surface area contributed by atoms with Gasteiger partial charge in [-0.2, -0.15) is 15.8 Å². The van der Waals surface area contributed by atoms with E-state index in [1.54, 1.807) is 0 Å². The molecule has 0 fully saturated rings. The van der Waals surface area contributed by atoms with Crippen LogP contribution < -0.4 is 0 Å². The second-order valence-corrected chi connectivity index (χ2v) is 13.8. The molecule has 0 unspecified atom stereocenters. The lowest BCUT2D eigenvalue weighted by Crippen LogP contribution is -2.05. The van der Waals surface area contributed by atoms with Crippen molar-refractivity contribution in [2.75, 3.05) is 0 Å². The SMILES string of the molecule is N#Cc1ccc(-c2c(-n3c4ccccc4c4ccc(-c5cccc(C#N)c5)cc43)cncc2-n2c3ccccc3c3ccc(-c4cccc(C#N)c4)cc32)cc1. The number of para-hydroxylation sites is 2. The minimum Gasteiger partial charge on any atom is -0.307 e. The van der Waals surface area contributed by atoms with Gasteiger partial charge in [0.25, 0.3) is 0 Å². The Bertz CT molecular complexity index is 3150. The van der Waals surface area contributed by atoms with Crippen LogP contribution in [0.25, 0.3) is 88.4 Å². The maximum absolute atomic E-state index is 9.78. The maximum Gasteiger partial charge on any atom is 0.0991 e. The summed E-state index contributed by atoms with van der Waals surface area (Å²) >= 11 is 0. The largest absolute Gasteiger partial charge is 0.307 e. The fraction of sp³-hybridized carbons (Fsp3) is 0. The predicted molar refractivity (Wildman–Crippen MR) is 223 cm³/mol. The van der Waals surface area contributed by atoms with Gasteiger partial charge in [-0.3, -0.25) is 4.98 Å². The molecule has 0 radical (unpaired) electrons. The molecule has 258 valence electrons. The monoisotopic (exact) mass is 712 g/mol. The van der Waals surface area contributed by atoms with Crippen LogP contribution in [0.15, 0.2) is 170 Å². The van der Waals surface area contributed by atoms with Crippen LogP contribution in [-0.2, 0) is 0 Å². The van der Waals surface area contributed by atoms with Crippen LogP contribution in [0.3, 0.4) is 0 Å². The van der Waals surface area contributed by atoms with Crippen LogP contribution in [-0.4, -0.2) is 14.1 Å². The van der Waals surface area contributed by atoms with Gasteiger partial charge in [-0.25, -0.2) is 0 Å². The number of benzene rings is 7. The van der Waals surface area contributed by atoms with Crippen LogP contribution in [0, 0.1) is 34.0 Å². The molecule has 3 heterocycles. The highest BCUT2D eigenvalue weighted by atomic mass is 15.0. The number of rotatable bonds is 5. The summed E-state index contributed by atoms with van der Waals surface area (Å²) in [6.07, 6.45) is 3.86. The number of hydrogen-bond donors (Lipinski definition) is 0. The molecule has 0 amide bonds. The third-order valence-electron chi connectivity index (χ3n) is 10.7. The molecule has 10 aromatic rings. The van der Waals surface area contributed by atoms with E-state index in [0.29, 0.717) is 16.7 Å². The Labute approximate surface area is 322 Å². The minimum absolute atomic E-state index is 0.577. The van der Waals surface area contributed by atoms with Crippen molar-refractivity contribution in [3.63, 3.8) is 0 Å². The standard InChI is InChI=1S/C50H28N6/c51-27-32-15-17-35(18-16-32)50-48(55-44-13-3-1-11-40(44)42-21-19-38(25-46(42)55)36-9-5-7-33(23-36)28-52)30-54-31-49(50)56-45-14-4-2-12-41(45)43-22-20-39(26-47(43)56)37-10-6-8-34(24-37)29-53/h1-26,30-31H. The number of hydrogen-bond acceptors (Lipinski definition) is 4. The van der Waals surface area contributed by atoms with E-state index in [2.05, 4.69) is 112 Å². The fourth-order valence-corrected chi connectivity index (χ4v) is 8.14. The molecule has 0 N–H and O–H groups in total. The van der Waals surface area contributed by atoms with Crippen LogP contribution in [0.1, 0.15) is 16.7 Å². The molecule has 0 aliphatic rings. The predicted octanol–water partition coefficient (Wildman–Crippen LogP) is 11.9. The van der Waals surface area contributed by atoms with Crippen molar-refractivity contribution in [3.05, 3.63) is 187 Å². The summed E-state index contributed by atoms with van der Waals surface area (Å²) in [7, 11) is 0. The number of nitriles is 3. The van der Waals surface area contributed by atoms with Crippen LogP contribution in [0.2, 0.25) is 0 Å². The summed E-state index contributed by atoms with van der Waals surface area (Å²) in [6, 6.07) is 59.8. The first kappa shape index (κ1) is 32.4. The summed E-state index contributed by atoms with van der Waals surface area (Å²) in [5, 5.41) is 33.5. The van der Waals surface area contributed by atoms with Crippen molar-refractivity contribution >= 4 is 43.6 Å². The van der Waals surface area contributed by atoms with E-state index in [1.165, 1.54) is 0 Å². The average molecular weight is 713 g/mol. The van der Waals surface area contributed by atoms with E-state index in [0.717, 1.165) is 88.4 Å². The van der Waals surface area contributed by atoms with E-state index in [1.807, 2.05) is 85.2 Å². The van der Waals surface area contributed by atoms with Crippen LogP contribution in [0.4, 0.5) is 0 Å². The Hall–Kier alpha value is -8.24. The Morgan fingerprint density at radius 1 is 0.357 bits per heavy atom. The Morgan fingerprint density at radius 3 is 1.27 bits per heavy atom. The second kappa shape index (κ2) is 13.0. The minimum atomic E-state index is 0.577. The van der Waals surface area contributed by atoms with Crippen molar-refractivity contribution < 1.29 is 0 Å². The fourth-order valence-electron chi connectivity index (χ4n) is 8.14. The van der Waals surface area contributed by atoms with Gasteiger partial charge in [0, 0.05) is 27.1 Å². The molecule has 0 spiro atoms. The first-order valence-corrected chi connectivity index (χ1v) is 18.2. The molecular weight excluding hydrogens is 685 g/mol. The van der Waals surface area contributed by atoms with E-state index < -0.39 is 0 Å². The normalized spacial score (nSPS) is 11.2. The molecule has 0 saturated carbocycles. The van der Waals surface area contributed by atoms with Crippen LogP contribution in [0.5, 0.6) is 0 Å². The molecular formula is C50H28N6. The molecule has 0 bridgehead atoms. The lowest BCUT2D eigenvalue weighted by atomic mass is 10.00. The van der Waals surface area contributed by atoms with Crippen molar-refractivity contribution in [1.82, 2.24) is 14.1 Å². The zero-order chi connectivity index (χ0) is 37.8. The number of nitrogens with zero attached hydrogens (tertiary/aromatic N) is 6. The Morgan fingerprint density at radius 2 is 0.786 bits per heavy atom. The molecule has 3 aromatic heterocycles. The summed E-state index contributed by atoms with van der Waals surface area (Å²) in [6.45, 7) is 0. The average Bonchev–Trinajstić information content (AvgIpc) is 3.78. The van der Waals surface area contributed by atoms with Gasteiger partial charge in [-0.1, -0.05) is 97.1 Å². The van der Waals surface area contributed by atoms with Gasteiger partial charge in [-0.15, -0.1) is 0 Å². The lowest BCUT2D eigenvalue weighted by molar-refractivity contribution is 1.09. The summed E-state index contributed by atoms with van der Waals surface area (Å²) in [4.78, 5) is 4.98. The second-order valence-electron chi connectivity index (χ2n) is 13.8. The van der Waals surface area contributed by atoms with Crippen LogP contribution >= 0.6 is 0 Å². The molecule has 7 aromatic carbocycles. The van der Waals surface area contributed by atoms with Gasteiger partial charge >= 0.3 is 0 Å². The molecule has 0 saturated heterocycles. The van der Waals surface area contributed by atoms with E-state index in [-0.39, 0.29) is 0 Å². The molecule has 0 aliphatic heterocycles. The summed E-state index contributed by atoms with van der Waals surface area (Å²) in [5.74, 6) is 0.